The molecule has 8 saturated heterocycles. The predicted molar refractivity (Wildman–Crippen MR) is 210 cm³/mol. The lowest BCUT2D eigenvalue weighted by atomic mass is 9.69. The van der Waals surface area contributed by atoms with Crippen molar-refractivity contribution in [1.29, 1.82) is 0 Å². The van der Waals surface area contributed by atoms with E-state index >= 15 is 0 Å². The molecule has 13 rings (SSSR count). The Balaban J connectivity index is 0.000000106. The summed E-state index contributed by atoms with van der Waals surface area (Å²) in [5.41, 5.74) is 1.39. The van der Waals surface area contributed by atoms with E-state index in [4.69, 9.17) is 0 Å². The van der Waals surface area contributed by atoms with Crippen LogP contribution < -0.4 is 0 Å². The minimum atomic E-state index is 0.684. The highest BCUT2D eigenvalue weighted by molar-refractivity contribution is 4.99. The van der Waals surface area contributed by atoms with Crippen molar-refractivity contribution >= 4 is 0 Å². The molecule has 0 aromatic rings. The van der Waals surface area contributed by atoms with E-state index in [1.807, 2.05) is 0 Å². The van der Waals surface area contributed by atoms with Gasteiger partial charge >= 0.3 is 0 Å². The van der Waals surface area contributed by atoms with Crippen LogP contribution in [0.2, 0.25) is 0 Å². The number of piperidine rings is 7. The van der Waals surface area contributed by atoms with Crippen molar-refractivity contribution in [2.24, 2.45) is 34.5 Å². The summed E-state index contributed by atoms with van der Waals surface area (Å²) in [6.07, 6.45) is 26.5. The van der Waals surface area contributed by atoms with E-state index in [0.29, 0.717) is 10.8 Å². The largest absolute Gasteiger partial charge is 0.303 e. The fourth-order valence-electron chi connectivity index (χ4n) is 13.4. The number of likely N-dealkylation sites (tertiary alicyclic amines) is 2. The van der Waals surface area contributed by atoms with Gasteiger partial charge in [-0.1, -0.05) is 27.2 Å². The molecule has 0 amide bonds. The third kappa shape index (κ3) is 8.96. The minimum absolute atomic E-state index is 0.684. The first kappa shape index (κ1) is 38.5. The Morgan fingerprint density at radius 2 is 1.08 bits per heavy atom. The van der Waals surface area contributed by atoms with Gasteiger partial charge in [0.15, 0.2) is 0 Å². The summed E-state index contributed by atoms with van der Waals surface area (Å²) >= 11 is 0. The van der Waals surface area contributed by atoms with E-state index in [1.54, 1.807) is 0 Å². The summed E-state index contributed by atoms with van der Waals surface area (Å²) < 4.78 is 0. The van der Waals surface area contributed by atoms with Crippen molar-refractivity contribution in [3.63, 3.8) is 0 Å². The summed E-state index contributed by atoms with van der Waals surface area (Å²) in [5, 5.41) is 0. The lowest BCUT2D eigenvalue weighted by molar-refractivity contribution is 0.00820. The van der Waals surface area contributed by atoms with Gasteiger partial charge in [-0.25, -0.2) is 0 Å². The van der Waals surface area contributed by atoms with Gasteiger partial charge in [-0.15, -0.1) is 0 Å². The van der Waals surface area contributed by atoms with Gasteiger partial charge < -0.3 is 24.5 Å². The summed E-state index contributed by atoms with van der Waals surface area (Å²) in [6, 6.07) is 6.40. The maximum Gasteiger partial charge on any atom is 0.0118 e. The van der Waals surface area contributed by atoms with Gasteiger partial charge in [-0.2, -0.15) is 0 Å². The fraction of sp³-hybridized carbons (Fsp3) is 1.00. The SMILES string of the molecule is CC1C2CCC(CC2)N1C.CC1C2CCCC(C2)N1C.CC1CC2CCC1N(C)C2.CN1CC2(C)CCC1C2.CN1CC2(C)CCC1CC2. The average Bonchev–Trinajstić information content (AvgIpc) is 3.68. The van der Waals surface area contributed by atoms with Crippen LogP contribution in [0.25, 0.3) is 0 Å². The van der Waals surface area contributed by atoms with E-state index in [2.05, 4.69) is 94.4 Å². The van der Waals surface area contributed by atoms with Crippen LogP contribution in [0, 0.1) is 34.5 Å². The molecule has 0 aromatic carbocycles. The first-order chi connectivity index (χ1) is 23.2. The second-order valence-electron chi connectivity index (χ2n) is 20.7. The zero-order valence-corrected chi connectivity index (χ0v) is 34.4. The molecule has 8 aliphatic heterocycles. The molecular formula is C44H83N5. The third-order valence-corrected chi connectivity index (χ3v) is 17.1. The lowest BCUT2D eigenvalue weighted by Gasteiger charge is -2.50. The van der Waals surface area contributed by atoms with Gasteiger partial charge in [-0.05, 0) is 193 Å². The van der Waals surface area contributed by atoms with Crippen molar-refractivity contribution in [3.8, 4) is 0 Å². The Bertz CT molecular complexity index is 961. The fourth-order valence-corrected chi connectivity index (χ4v) is 13.4. The Morgan fingerprint density at radius 1 is 0.490 bits per heavy atom. The van der Waals surface area contributed by atoms with Gasteiger partial charge in [0.05, 0.1) is 0 Å². The summed E-state index contributed by atoms with van der Waals surface area (Å²) in [7, 11) is 11.4. The van der Waals surface area contributed by atoms with Crippen LogP contribution in [0.15, 0.2) is 0 Å². The first-order valence-corrected chi connectivity index (χ1v) is 21.8. The minimum Gasteiger partial charge on any atom is -0.303 e. The van der Waals surface area contributed by atoms with Crippen molar-refractivity contribution in [3.05, 3.63) is 0 Å². The number of rotatable bonds is 0. The topological polar surface area (TPSA) is 16.2 Å². The second kappa shape index (κ2) is 16.0. The molecule has 13 aliphatic rings. The first-order valence-electron chi connectivity index (χ1n) is 21.8. The van der Waals surface area contributed by atoms with E-state index < -0.39 is 0 Å². The lowest BCUT2D eigenvalue weighted by Crippen LogP contribution is -2.51. The van der Waals surface area contributed by atoms with E-state index in [0.717, 1.165) is 66.0 Å². The van der Waals surface area contributed by atoms with Crippen molar-refractivity contribution in [1.82, 2.24) is 24.5 Å². The van der Waals surface area contributed by atoms with Crippen LogP contribution >= 0.6 is 0 Å². The summed E-state index contributed by atoms with van der Waals surface area (Å²) in [5.74, 6) is 4.06. The highest BCUT2D eigenvalue weighted by Gasteiger charge is 2.44. The Labute approximate surface area is 305 Å². The number of fused-ring (bicyclic) bond motifs is 13. The van der Waals surface area contributed by atoms with Gasteiger partial charge in [-0.3, -0.25) is 0 Å². The molecule has 49 heavy (non-hydrogen) atoms. The van der Waals surface area contributed by atoms with Gasteiger partial charge in [0.25, 0.3) is 0 Å². The number of hydrogen-bond donors (Lipinski definition) is 0. The second-order valence-corrected chi connectivity index (χ2v) is 20.7. The summed E-state index contributed by atoms with van der Waals surface area (Å²) in [6.45, 7) is 16.1. The van der Waals surface area contributed by atoms with Crippen LogP contribution in [0.4, 0.5) is 0 Å². The van der Waals surface area contributed by atoms with Gasteiger partial charge in [0.2, 0.25) is 0 Å². The standard InChI is InChI=1S/4C9H17N.C8H15N/c1-9-5-3-8(4-6-9)10(2)7-9;1-7-8-3-5-9(6-4-8)10(7)2;1-7-5-8-3-4-9(7)10(2)6-8;1-7-8-4-3-5-9(6-8)10(7)2;1-8-4-3-7(5-8)9(2)6-8/h8H,3-7H2,1-2H3;3*7-9H,3-6H2,1-2H3;7H,3-6H2,1-2H3. The predicted octanol–water partition coefficient (Wildman–Crippen LogP) is 8.87. The average molecular weight is 682 g/mol. The smallest absolute Gasteiger partial charge is 0.0118 e. The van der Waals surface area contributed by atoms with E-state index in [-0.39, 0.29) is 0 Å². The van der Waals surface area contributed by atoms with E-state index in [1.165, 1.54) is 135 Å². The van der Waals surface area contributed by atoms with Crippen LogP contribution in [0.5, 0.6) is 0 Å². The highest BCUT2D eigenvalue weighted by Crippen LogP contribution is 2.46. The Kier molecular flexibility index (Phi) is 12.6. The normalized spacial score (nSPS) is 48.5. The molecule has 9 unspecified atom stereocenters. The zero-order chi connectivity index (χ0) is 35.1. The molecule has 9 atom stereocenters. The Morgan fingerprint density at radius 3 is 1.45 bits per heavy atom. The van der Waals surface area contributed by atoms with Crippen molar-refractivity contribution in [2.75, 3.05) is 54.9 Å². The molecule has 5 nitrogen and oxygen atoms in total. The van der Waals surface area contributed by atoms with E-state index in [9.17, 15) is 0 Å². The molecule has 10 bridgehead atoms. The van der Waals surface area contributed by atoms with Gasteiger partial charge in [0.1, 0.15) is 0 Å². The molecule has 0 radical (unpaired) electrons. The van der Waals surface area contributed by atoms with Crippen LogP contribution in [-0.2, 0) is 0 Å². The molecule has 284 valence electrons. The van der Waals surface area contributed by atoms with Crippen LogP contribution in [0.3, 0.4) is 0 Å². The molecule has 0 N–H and O–H groups in total. The number of hydrogen-bond acceptors (Lipinski definition) is 5. The molecule has 8 heterocycles. The summed E-state index contributed by atoms with van der Waals surface area (Å²) in [4.78, 5) is 12.8. The molecule has 5 saturated carbocycles. The third-order valence-electron chi connectivity index (χ3n) is 17.1. The molecule has 0 aromatic heterocycles. The van der Waals surface area contributed by atoms with Crippen LogP contribution in [0.1, 0.15) is 150 Å². The Hall–Kier alpha value is -0.200. The molecule has 0 spiro atoms. The van der Waals surface area contributed by atoms with Crippen LogP contribution in [-0.4, -0.2) is 122 Å². The van der Waals surface area contributed by atoms with Crippen molar-refractivity contribution in [2.45, 2.75) is 192 Å². The molecule has 13 fully saturated rings. The molecule has 5 aliphatic carbocycles. The maximum absolute atomic E-state index is 2.58. The zero-order valence-electron chi connectivity index (χ0n) is 34.4. The number of nitrogens with zero attached hydrogens (tertiary/aromatic N) is 5. The van der Waals surface area contributed by atoms with Gasteiger partial charge in [0, 0.05) is 61.9 Å². The monoisotopic (exact) mass is 682 g/mol. The quantitative estimate of drug-likeness (QED) is 0.253. The maximum atomic E-state index is 2.58. The molecule has 5 heteroatoms. The van der Waals surface area contributed by atoms with Crippen molar-refractivity contribution < 1.29 is 0 Å². The highest BCUT2D eigenvalue weighted by atomic mass is 15.2. The molecular weight excluding hydrogens is 599 g/mol.